The normalized spacial score (nSPS) is 13.7. The standard InChI is InChI=1S/C15H14FNOS/c16-15-13(7-9-19-15)12(6-8-18)14(10-17)11-4-2-1-3-5-11/h1-5,7,9,12,14,18H,6,8H2/t12-,14-/m0/s1. The van der Waals surface area contributed by atoms with E-state index in [2.05, 4.69) is 6.07 Å². The van der Waals surface area contributed by atoms with Crippen LogP contribution >= 0.6 is 11.3 Å². The van der Waals surface area contributed by atoms with E-state index in [9.17, 15) is 14.8 Å². The summed E-state index contributed by atoms with van der Waals surface area (Å²) in [4.78, 5) is 0. The van der Waals surface area contributed by atoms with Crippen LogP contribution in [0.4, 0.5) is 4.39 Å². The van der Waals surface area contributed by atoms with E-state index in [0.717, 1.165) is 16.9 Å². The number of halogens is 1. The maximum atomic E-state index is 13.8. The van der Waals surface area contributed by atoms with Crippen molar-refractivity contribution in [3.05, 3.63) is 58.0 Å². The Kier molecular flexibility index (Phi) is 4.67. The zero-order valence-corrected chi connectivity index (χ0v) is 11.1. The second-order valence-electron chi connectivity index (χ2n) is 4.29. The molecule has 0 unspecified atom stereocenters. The number of hydrogen-bond donors (Lipinski definition) is 1. The molecule has 0 aliphatic heterocycles. The number of rotatable bonds is 5. The van der Waals surface area contributed by atoms with E-state index in [4.69, 9.17) is 0 Å². The van der Waals surface area contributed by atoms with Crippen LogP contribution in [0.25, 0.3) is 0 Å². The predicted molar refractivity (Wildman–Crippen MR) is 73.5 cm³/mol. The first-order valence-electron chi connectivity index (χ1n) is 6.06. The first-order valence-corrected chi connectivity index (χ1v) is 6.94. The number of thiophene rings is 1. The van der Waals surface area contributed by atoms with Crippen LogP contribution in [0.15, 0.2) is 41.8 Å². The van der Waals surface area contributed by atoms with Crippen molar-refractivity contribution in [1.82, 2.24) is 0 Å². The van der Waals surface area contributed by atoms with Gasteiger partial charge in [-0.05, 0) is 23.4 Å². The topological polar surface area (TPSA) is 44.0 Å². The lowest BCUT2D eigenvalue weighted by molar-refractivity contribution is 0.271. The average Bonchev–Trinajstić information content (AvgIpc) is 2.86. The van der Waals surface area contributed by atoms with Crippen molar-refractivity contribution >= 4 is 11.3 Å². The van der Waals surface area contributed by atoms with Crippen LogP contribution in [0.5, 0.6) is 0 Å². The molecule has 2 atom stereocenters. The second-order valence-corrected chi connectivity index (χ2v) is 5.15. The number of aliphatic hydroxyl groups excluding tert-OH is 1. The molecule has 2 rings (SSSR count). The quantitative estimate of drug-likeness (QED) is 0.905. The number of nitrogens with zero attached hydrogens (tertiary/aromatic N) is 1. The Balaban J connectivity index is 2.38. The van der Waals surface area contributed by atoms with Gasteiger partial charge >= 0.3 is 0 Å². The summed E-state index contributed by atoms with van der Waals surface area (Å²) in [7, 11) is 0. The molecule has 0 amide bonds. The zero-order valence-electron chi connectivity index (χ0n) is 10.3. The molecule has 0 aliphatic rings. The predicted octanol–water partition coefficient (Wildman–Crippen LogP) is 3.66. The molecule has 2 nitrogen and oxygen atoms in total. The van der Waals surface area contributed by atoms with Crippen molar-refractivity contribution in [3.63, 3.8) is 0 Å². The minimum atomic E-state index is -0.447. The molecular formula is C15H14FNOS. The van der Waals surface area contributed by atoms with Crippen molar-refractivity contribution < 1.29 is 9.50 Å². The highest BCUT2D eigenvalue weighted by Gasteiger charge is 2.27. The molecule has 98 valence electrons. The van der Waals surface area contributed by atoms with Crippen molar-refractivity contribution in [2.45, 2.75) is 18.3 Å². The Hall–Kier alpha value is -1.70. The Labute approximate surface area is 115 Å². The van der Waals surface area contributed by atoms with Gasteiger partial charge in [-0.2, -0.15) is 9.65 Å². The minimum absolute atomic E-state index is 0.0645. The summed E-state index contributed by atoms with van der Waals surface area (Å²) < 4.78 is 13.8. The van der Waals surface area contributed by atoms with Gasteiger partial charge in [-0.25, -0.2) is 0 Å². The van der Waals surface area contributed by atoms with Gasteiger partial charge in [0, 0.05) is 18.1 Å². The summed E-state index contributed by atoms with van der Waals surface area (Å²) in [6.45, 7) is -0.0645. The first kappa shape index (κ1) is 13.7. The molecule has 0 aliphatic carbocycles. The summed E-state index contributed by atoms with van der Waals surface area (Å²) in [6, 6.07) is 13.3. The van der Waals surface area contributed by atoms with Crippen molar-refractivity contribution in [1.29, 1.82) is 5.26 Å². The van der Waals surface area contributed by atoms with E-state index in [0.29, 0.717) is 12.0 Å². The van der Waals surface area contributed by atoms with Gasteiger partial charge in [0.1, 0.15) is 0 Å². The molecule has 1 N–H and O–H groups in total. The van der Waals surface area contributed by atoms with Crippen LogP contribution in [-0.4, -0.2) is 11.7 Å². The monoisotopic (exact) mass is 275 g/mol. The van der Waals surface area contributed by atoms with Gasteiger partial charge in [-0.15, -0.1) is 11.3 Å². The van der Waals surface area contributed by atoms with Crippen LogP contribution in [-0.2, 0) is 0 Å². The van der Waals surface area contributed by atoms with E-state index >= 15 is 0 Å². The second kappa shape index (κ2) is 6.46. The fourth-order valence-electron chi connectivity index (χ4n) is 2.27. The van der Waals surface area contributed by atoms with Gasteiger partial charge in [0.2, 0.25) is 0 Å². The third-order valence-corrected chi connectivity index (χ3v) is 3.90. The molecular weight excluding hydrogens is 261 g/mol. The van der Waals surface area contributed by atoms with E-state index in [1.54, 1.807) is 11.4 Å². The lowest BCUT2D eigenvalue weighted by atomic mass is 9.81. The van der Waals surface area contributed by atoms with Crippen molar-refractivity contribution in [2.24, 2.45) is 0 Å². The third-order valence-electron chi connectivity index (χ3n) is 3.19. The maximum absolute atomic E-state index is 13.8. The van der Waals surface area contributed by atoms with Crippen molar-refractivity contribution in [3.8, 4) is 6.07 Å². The van der Waals surface area contributed by atoms with E-state index in [1.165, 1.54) is 0 Å². The molecule has 19 heavy (non-hydrogen) atoms. The van der Waals surface area contributed by atoms with Gasteiger partial charge in [-0.3, -0.25) is 0 Å². The highest BCUT2D eigenvalue weighted by molar-refractivity contribution is 7.08. The van der Waals surface area contributed by atoms with Crippen LogP contribution in [0.3, 0.4) is 0 Å². The summed E-state index contributed by atoms with van der Waals surface area (Å²) in [5.74, 6) is -0.763. The Morgan fingerprint density at radius 2 is 2.00 bits per heavy atom. The molecule has 1 heterocycles. The molecule has 0 bridgehead atoms. The van der Waals surface area contributed by atoms with Gasteiger partial charge in [0.05, 0.1) is 12.0 Å². The fourth-order valence-corrected chi connectivity index (χ4v) is 2.96. The van der Waals surface area contributed by atoms with Gasteiger partial charge in [-0.1, -0.05) is 30.3 Å². The van der Waals surface area contributed by atoms with Gasteiger partial charge in [0.15, 0.2) is 5.13 Å². The molecule has 1 aromatic carbocycles. The average molecular weight is 275 g/mol. The smallest absolute Gasteiger partial charge is 0.179 e. The zero-order chi connectivity index (χ0) is 13.7. The SMILES string of the molecule is N#C[C@@H](c1ccccc1)[C@@H](CCO)c1ccsc1F. The number of hydrogen-bond acceptors (Lipinski definition) is 3. The Morgan fingerprint density at radius 1 is 1.26 bits per heavy atom. The van der Waals surface area contributed by atoms with Crippen LogP contribution in [0, 0.1) is 16.5 Å². The maximum Gasteiger partial charge on any atom is 0.179 e. The van der Waals surface area contributed by atoms with Crippen LogP contribution < -0.4 is 0 Å². The molecule has 2 aromatic rings. The van der Waals surface area contributed by atoms with E-state index < -0.39 is 5.92 Å². The summed E-state index contributed by atoms with van der Waals surface area (Å²) in [6.07, 6.45) is 0.376. The first-order chi connectivity index (χ1) is 9.27. The molecule has 4 heteroatoms. The molecule has 0 fully saturated rings. The van der Waals surface area contributed by atoms with E-state index in [1.807, 2.05) is 30.3 Å². The van der Waals surface area contributed by atoms with Gasteiger partial charge in [0.25, 0.3) is 0 Å². The summed E-state index contributed by atoms with van der Waals surface area (Å²) >= 11 is 1.02. The molecule has 0 radical (unpaired) electrons. The van der Waals surface area contributed by atoms with Gasteiger partial charge < -0.3 is 5.11 Å². The molecule has 0 spiro atoms. The third kappa shape index (κ3) is 3.01. The number of aliphatic hydroxyl groups is 1. The summed E-state index contributed by atoms with van der Waals surface area (Å²) in [5, 5.41) is 20.0. The lowest BCUT2D eigenvalue weighted by Gasteiger charge is -2.21. The molecule has 0 saturated heterocycles. The van der Waals surface area contributed by atoms with Crippen LogP contribution in [0.2, 0.25) is 0 Å². The molecule has 1 aromatic heterocycles. The highest BCUT2D eigenvalue weighted by Crippen LogP contribution is 2.37. The Morgan fingerprint density at radius 3 is 2.53 bits per heavy atom. The van der Waals surface area contributed by atoms with Crippen LogP contribution in [0.1, 0.15) is 29.4 Å². The lowest BCUT2D eigenvalue weighted by Crippen LogP contribution is -2.12. The van der Waals surface area contributed by atoms with Crippen molar-refractivity contribution in [2.75, 3.05) is 6.61 Å². The Bertz CT molecular complexity index is 561. The highest BCUT2D eigenvalue weighted by atomic mass is 32.1. The fraction of sp³-hybridized carbons (Fsp3) is 0.267. The number of benzene rings is 1. The minimum Gasteiger partial charge on any atom is -0.396 e. The van der Waals surface area contributed by atoms with E-state index in [-0.39, 0.29) is 17.7 Å². The number of nitriles is 1. The summed E-state index contributed by atoms with van der Waals surface area (Å²) in [5.41, 5.74) is 1.38. The largest absolute Gasteiger partial charge is 0.396 e. The molecule has 0 saturated carbocycles.